The lowest BCUT2D eigenvalue weighted by molar-refractivity contribution is -0.542. The van der Waals surface area contributed by atoms with Gasteiger partial charge in [0.25, 0.3) is 0 Å². The van der Waals surface area contributed by atoms with E-state index in [9.17, 15) is 24.3 Å². The van der Waals surface area contributed by atoms with E-state index in [1.807, 2.05) is 0 Å². The molecule has 10 heteroatoms. The van der Waals surface area contributed by atoms with E-state index in [2.05, 4.69) is 0 Å². The summed E-state index contributed by atoms with van der Waals surface area (Å²) in [6.07, 6.45) is -0.694. The lowest BCUT2D eigenvalue weighted by Crippen LogP contribution is -2.43. The van der Waals surface area contributed by atoms with Crippen LogP contribution in [0.25, 0.3) is 0 Å². The van der Waals surface area contributed by atoms with E-state index in [0.29, 0.717) is 0 Å². The highest BCUT2D eigenvalue weighted by Crippen LogP contribution is 2.65. The average molecular weight is 323 g/mol. The number of aliphatic carboxylic acids is 1. The highest BCUT2D eigenvalue weighted by molar-refractivity contribution is 7.55. The predicted octanol–water partition coefficient (Wildman–Crippen LogP) is 1.54. The molecule has 1 N–H and O–H groups in total. The standard InChI is InChI=1S/C11H18NO8P/c1-10(2)6-19-21(18,20-7-10)11(3,12(16)17)4-8(5-13)9(14)15/h5,8H,4,6-7H2,1-3H3,(H,14,15). The maximum Gasteiger partial charge on any atom is 0.406 e. The smallest absolute Gasteiger partial charge is 0.406 e. The minimum atomic E-state index is -4.20. The Bertz CT molecular complexity index is 490. The van der Waals surface area contributed by atoms with Gasteiger partial charge in [0.05, 0.1) is 13.2 Å². The quantitative estimate of drug-likeness (QED) is 0.256. The highest BCUT2D eigenvalue weighted by Gasteiger charge is 2.62. The molecule has 1 rings (SSSR count). The molecule has 1 saturated heterocycles. The van der Waals surface area contributed by atoms with Crippen LogP contribution in [0.3, 0.4) is 0 Å². The average Bonchev–Trinajstić information content (AvgIpc) is 2.38. The van der Waals surface area contributed by atoms with Crippen molar-refractivity contribution in [1.82, 2.24) is 0 Å². The van der Waals surface area contributed by atoms with Crippen LogP contribution in [0.5, 0.6) is 0 Å². The zero-order valence-electron chi connectivity index (χ0n) is 12.0. The first-order valence-electron chi connectivity index (χ1n) is 6.19. The third-order valence-electron chi connectivity index (χ3n) is 3.32. The minimum absolute atomic E-state index is 0.0213. The Hall–Kier alpha value is -1.31. The highest BCUT2D eigenvalue weighted by atomic mass is 31.2. The molecule has 1 heterocycles. The van der Waals surface area contributed by atoms with Crippen LogP contribution < -0.4 is 0 Å². The zero-order valence-corrected chi connectivity index (χ0v) is 12.9. The predicted molar refractivity (Wildman–Crippen MR) is 70.5 cm³/mol. The Morgan fingerprint density at radius 2 is 2.00 bits per heavy atom. The normalized spacial score (nSPS) is 24.5. The van der Waals surface area contributed by atoms with Gasteiger partial charge in [0.15, 0.2) is 0 Å². The Morgan fingerprint density at radius 3 is 2.33 bits per heavy atom. The molecule has 0 amide bonds. The van der Waals surface area contributed by atoms with E-state index in [0.717, 1.165) is 6.92 Å². The number of nitrogens with zero attached hydrogens (tertiary/aromatic N) is 1. The van der Waals surface area contributed by atoms with Crippen molar-refractivity contribution in [2.24, 2.45) is 11.3 Å². The molecule has 1 aliphatic heterocycles. The van der Waals surface area contributed by atoms with E-state index in [4.69, 9.17) is 14.2 Å². The molecular weight excluding hydrogens is 305 g/mol. The summed E-state index contributed by atoms with van der Waals surface area (Å²) in [6.45, 7) is 4.47. The van der Waals surface area contributed by atoms with Crippen LogP contribution in [0.15, 0.2) is 0 Å². The van der Waals surface area contributed by atoms with Gasteiger partial charge in [0.1, 0.15) is 12.2 Å². The lowest BCUT2D eigenvalue weighted by Gasteiger charge is -2.38. The molecule has 0 aromatic carbocycles. The lowest BCUT2D eigenvalue weighted by atomic mass is 9.97. The van der Waals surface area contributed by atoms with Crippen LogP contribution in [0.2, 0.25) is 0 Å². The van der Waals surface area contributed by atoms with E-state index < -0.39 is 41.5 Å². The van der Waals surface area contributed by atoms with Gasteiger partial charge in [0.2, 0.25) is 0 Å². The van der Waals surface area contributed by atoms with Crippen LogP contribution in [0, 0.1) is 21.4 Å². The zero-order chi connectivity index (χ0) is 16.5. The summed E-state index contributed by atoms with van der Waals surface area (Å²) in [5.74, 6) is -3.18. The van der Waals surface area contributed by atoms with Crippen molar-refractivity contribution in [3.63, 3.8) is 0 Å². The molecule has 0 saturated carbocycles. The number of rotatable bonds is 6. The van der Waals surface area contributed by atoms with Crippen LogP contribution in [-0.4, -0.2) is 40.8 Å². The van der Waals surface area contributed by atoms with Gasteiger partial charge in [-0.15, -0.1) is 0 Å². The molecule has 9 nitrogen and oxygen atoms in total. The third kappa shape index (κ3) is 3.48. The maximum atomic E-state index is 12.7. The molecule has 2 atom stereocenters. The van der Waals surface area contributed by atoms with Crippen molar-refractivity contribution in [2.45, 2.75) is 32.5 Å². The van der Waals surface area contributed by atoms with Gasteiger partial charge < -0.3 is 18.9 Å². The second-order valence-electron chi connectivity index (χ2n) is 5.97. The molecule has 1 aliphatic rings. The number of hydrogen-bond acceptors (Lipinski definition) is 7. The molecule has 0 spiro atoms. The minimum Gasteiger partial charge on any atom is -0.481 e. The van der Waals surface area contributed by atoms with Crippen LogP contribution >= 0.6 is 7.60 Å². The maximum absolute atomic E-state index is 12.7. The summed E-state index contributed by atoms with van der Waals surface area (Å²) in [7, 11) is -4.20. The molecule has 0 aromatic rings. The first kappa shape index (κ1) is 17.7. The Morgan fingerprint density at radius 1 is 1.52 bits per heavy atom. The summed E-state index contributed by atoms with van der Waals surface area (Å²) < 4.78 is 22.9. The van der Waals surface area contributed by atoms with Gasteiger partial charge in [-0.05, 0) is 0 Å². The number of nitro groups is 1. The van der Waals surface area contributed by atoms with Crippen molar-refractivity contribution >= 4 is 19.9 Å². The van der Waals surface area contributed by atoms with Gasteiger partial charge in [-0.25, -0.2) is 0 Å². The largest absolute Gasteiger partial charge is 0.481 e. The summed E-state index contributed by atoms with van der Waals surface area (Å²) in [4.78, 5) is 32.1. The van der Waals surface area contributed by atoms with Crippen LogP contribution in [0.4, 0.5) is 0 Å². The third-order valence-corrected chi connectivity index (χ3v) is 5.79. The van der Waals surface area contributed by atoms with Crippen LogP contribution in [-0.2, 0) is 23.2 Å². The van der Waals surface area contributed by atoms with E-state index >= 15 is 0 Å². The van der Waals surface area contributed by atoms with Crippen molar-refractivity contribution in [2.75, 3.05) is 13.2 Å². The van der Waals surface area contributed by atoms with Gasteiger partial charge in [0, 0.05) is 23.7 Å². The molecular formula is C11H18NO8P. The summed E-state index contributed by atoms with van der Waals surface area (Å²) in [5, 5.41) is 17.9. The van der Waals surface area contributed by atoms with E-state index in [1.54, 1.807) is 13.8 Å². The second kappa shape index (κ2) is 5.82. The fourth-order valence-electron chi connectivity index (χ4n) is 1.77. The first-order chi connectivity index (χ1) is 9.47. The van der Waals surface area contributed by atoms with Crippen molar-refractivity contribution in [3.05, 3.63) is 10.1 Å². The Labute approximate surface area is 121 Å². The van der Waals surface area contributed by atoms with E-state index in [1.165, 1.54) is 0 Å². The first-order valence-corrected chi connectivity index (χ1v) is 7.73. The van der Waals surface area contributed by atoms with Crippen LogP contribution in [0.1, 0.15) is 27.2 Å². The number of carboxylic acid groups (broad SMARTS) is 1. The Balaban J connectivity index is 3.11. The fourth-order valence-corrected chi connectivity index (χ4v) is 4.06. The molecule has 0 aromatic heterocycles. The van der Waals surface area contributed by atoms with Gasteiger partial charge in [-0.3, -0.25) is 19.5 Å². The van der Waals surface area contributed by atoms with Gasteiger partial charge in [-0.2, -0.15) is 0 Å². The van der Waals surface area contributed by atoms with Gasteiger partial charge >= 0.3 is 18.8 Å². The summed E-state index contributed by atoms with van der Waals surface area (Å²) >= 11 is 0. The number of carbonyl (C=O) groups excluding carboxylic acids is 1. The number of carboxylic acids is 1. The summed E-state index contributed by atoms with van der Waals surface area (Å²) in [5.41, 5.74) is -0.456. The molecule has 0 bridgehead atoms. The molecule has 1 fully saturated rings. The molecule has 0 aliphatic carbocycles. The number of aldehydes is 1. The van der Waals surface area contributed by atoms with Crippen molar-refractivity contribution in [1.29, 1.82) is 0 Å². The van der Waals surface area contributed by atoms with Crippen molar-refractivity contribution in [3.8, 4) is 0 Å². The van der Waals surface area contributed by atoms with Gasteiger partial charge in [-0.1, -0.05) is 13.8 Å². The molecule has 120 valence electrons. The Kier molecular flexibility index (Phi) is 4.92. The fraction of sp³-hybridized carbons (Fsp3) is 0.818. The number of hydrogen-bond donors (Lipinski definition) is 1. The molecule has 21 heavy (non-hydrogen) atoms. The molecule has 0 radical (unpaired) electrons. The SMILES string of the molecule is CC1(C)COP(=O)(C(C)(CC(C=O)C(=O)O)[N+](=O)[O-])OC1. The number of carbonyl (C=O) groups is 2. The topological polar surface area (TPSA) is 133 Å². The van der Waals surface area contributed by atoms with Crippen molar-refractivity contribution < 1.29 is 33.2 Å². The molecule has 2 unspecified atom stereocenters. The van der Waals surface area contributed by atoms with E-state index in [-0.39, 0.29) is 19.5 Å². The monoisotopic (exact) mass is 323 g/mol. The summed E-state index contributed by atoms with van der Waals surface area (Å²) in [6, 6.07) is 0. The second-order valence-corrected chi connectivity index (χ2v) is 8.44.